The number of hydrogen-bond donors (Lipinski definition) is 2. The van der Waals surface area contributed by atoms with Crippen molar-refractivity contribution in [3.05, 3.63) is 64.1 Å². The molecular weight excluding hydrogens is 435 g/mol. The van der Waals surface area contributed by atoms with E-state index in [1.165, 1.54) is 23.1 Å². The van der Waals surface area contributed by atoms with Gasteiger partial charge in [0.1, 0.15) is 0 Å². The van der Waals surface area contributed by atoms with Crippen molar-refractivity contribution >= 4 is 23.3 Å². The Labute approximate surface area is 182 Å². The number of nitrogens with zero attached hydrogens (tertiary/aromatic N) is 3. The minimum absolute atomic E-state index is 0.172. The lowest BCUT2D eigenvalue weighted by Gasteiger charge is -2.38. The summed E-state index contributed by atoms with van der Waals surface area (Å²) in [6.07, 6.45) is -2.87. The summed E-state index contributed by atoms with van der Waals surface area (Å²) < 4.78 is 44.8. The second kappa shape index (κ2) is 8.64. The molecule has 11 heteroatoms. The van der Waals surface area contributed by atoms with Gasteiger partial charge < -0.3 is 15.4 Å². The summed E-state index contributed by atoms with van der Waals surface area (Å²) in [5.41, 5.74) is 5.79. The number of amides is 1. The van der Waals surface area contributed by atoms with Crippen molar-refractivity contribution in [2.75, 3.05) is 18.7 Å². The number of carbonyl (C=O) groups excluding carboxylic acids is 1. The van der Waals surface area contributed by atoms with E-state index in [1.807, 2.05) is 0 Å². The van der Waals surface area contributed by atoms with Gasteiger partial charge in [0.15, 0.2) is 11.6 Å². The number of alkyl halides is 3. The molecule has 0 saturated carbocycles. The van der Waals surface area contributed by atoms with Crippen LogP contribution in [0.1, 0.15) is 29.3 Å². The molecule has 166 valence electrons. The highest BCUT2D eigenvalue weighted by molar-refractivity contribution is 6.34. The number of carbonyl (C=O) groups is 1. The molecule has 1 aliphatic rings. The van der Waals surface area contributed by atoms with Gasteiger partial charge in [0, 0.05) is 19.2 Å². The molecule has 2 aromatic rings. The molecule has 1 amide bonds. The summed E-state index contributed by atoms with van der Waals surface area (Å²) in [6.45, 7) is 1.84. The van der Waals surface area contributed by atoms with Crippen LogP contribution in [-0.2, 0) is 6.18 Å². The van der Waals surface area contributed by atoms with E-state index < -0.39 is 28.7 Å². The van der Waals surface area contributed by atoms with Crippen molar-refractivity contribution in [3.63, 3.8) is 0 Å². The van der Waals surface area contributed by atoms with Crippen molar-refractivity contribution in [2.24, 2.45) is 11.6 Å². The van der Waals surface area contributed by atoms with Gasteiger partial charge in [-0.3, -0.25) is 9.80 Å². The van der Waals surface area contributed by atoms with Gasteiger partial charge in [-0.15, -0.1) is 0 Å². The number of hydrazine groups is 1. The van der Waals surface area contributed by atoms with E-state index in [4.69, 9.17) is 27.9 Å². The van der Waals surface area contributed by atoms with Gasteiger partial charge in [0.05, 0.1) is 40.7 Å². The largest absolute Gasteiger partial charge is 0.493 e. The first-order valence-electron chi connectivity index (χ1n) is 9.27. The number of nitrogens with two attached hydrogens (primary N) is 2. The number of hydrogen-bond acceptors (Lipinski definition) is 6. The molecule has 1 unspecified atom stereocenters. The van der Waals surface area contributed by atoms with Crippen molar-refractivity contribution in [1.82, 2.24) is 9.88 Å². The maximum Gasteiger partial charge on any atom is 0.417 e. The molecule has 1 aromatic carbocycles. The van der Waals surface area contributed by atoms with E-state index in [0.717, 1.165) is 12.1 Å². The fraction of sp³-hybridized carbons (Fsp3) is 0.300. The normalized spacial score (nSPS) is 17.0. The lowest BCUT2D eigenvalue weighted by atomic mass is 10.0. The molecule has 3 rings (SSSR count). The molecule has 0 bridgehead atoms. The Hall–Kier alpha value is -2.98. The maximum atomic E-state index is 13.2. The SMILES string of the molecule is COc1cccnc1N(N)C1=C(N)C(C)N(C(=O)c2cccc(C(F)(F)F)c2Cl)CC1. The second-order valence-electron chi connectivity index (χ2n) is 6.89. The molecule has 4 N–H and O–H groups in total. The van der Waals surface area contributed by atoms with Crippen molar-refractivity contribution in [3.8, 4) is 5.75 Å². The van der Waals surface area contributed by atoms with Gasteiger partial charge in [0.2, 0.25) is 0 Å². The molecule has 2 heterocycles. The molecule has 0 radical (unpaired) electrons. The van der Waals surface area contributed by atoms with Crippen LogP contribution in [0.3, 0.4) is 0 Å². The van der Waals surface area contributed by atoms with Crippen molar-refractivity contribution < 1.29 is 22.7 Å². The predicted molar refractivity (Wildman–Crippen MR) is 110 cm³/mol. The average molecular weight is 456 g/mol. The minimum atomic E-state index is -4.67. The molecule has 1 aliphatic heterocycles. The van der Waals surface area contributed by atoms with Gasteiger partial charge in [-0.1, -0.05) is 17.7 Å². The van der Waals surface area contributed by atoms with Gasteiger partial charge in [-0.25, -0.2) is 10.8 Å². The average Bonchev–Trinajstić information content (AvgIpc) is 2.74. The van der Waals surface area contributed by atoms with Crippen molar-refractivity contribution in [2.45, 2.75) is 25.6 Å². The Kier molecular flexibility index (Phi) is 6.33. The Morgan fingerprint density at radius 2 is 2.03 bits per heavy atom. The summed E-state index contributed by atoms with van der Waals surface area (Å²) in [4.78, 5) is 18.6. The molecule has 1 aromatic heterocycles. The minimum Gasteiger partial charge on any atom is -0.493 e. The van der Waals surface area contributed by atoms with Crippen LogP contribution in [0.25, 0.3) is 0 Å². The highest BCUT2D eigenvalue weighted by Crippen LogP contribution is 2.37. The Morgan fingerprint density at radius 3 is 2.68 bits per heavy atom. The third kappa shape index (κ3) is 4.26. The zero-order chi connectivity index (χ0) is 22.9. The highest BCUT2D eigenvalue weighted by Gasteiger charge is 2.37. The van der Waals surface area contributed by atoms with Crippen LogP contribution in [0.15, 0.2) is 47.9 Å². The quantitative estimate of drug-likeness (QED) is 0.540. The number of aromatic nitrogens is 1. The van der Waals surface area contributed by atoms with Crippen molar-refractivity contribution in [1.29, 1.82) is 0 Å². The maximum absolute atomic E-state index is 13.2. The smallest absolute Gasteiger partial charge is 0.417 e. The van der Waals surface area contributed by atoms with E-state index in [2.05, 4.69) is 4.98 Å². The number of rotatable bonds is 4. The summed E-state index contributed by atoms with van der Waals surface area (Å²) >= 11 is 5.92. The first kappa shape index (κ1) is 22.7. The van der Waals surface area contributed by atoms with E-state index >= 15 is 0 Å². The van der Waals surface area contributed by atoms with E-state index in [-0.39, 0.29) is 24.2 Å². The number of ether oxygens (including phenoxy) is 1. The standard InChI is InChI=1S/C20H21ClF3N5O2/c1-11-17(25)14(29(26)18-15(31-2)7-4-9-27-18)8-10-28(11)19(30)12-5-3-6-13(16(12)21)20(22,23)24/h3-7,9,11H,8,10,25-26H2,1-2H3. The van der Waals surface area contributed by atoms with Crippen LogP contribution in [0.5, 0.6) is 5.75 Å². The second-order valence-corrected chi connectivity index (χ2v) is 7.27. The zero-order valence-corrected chi connectivity index (χ0v) is 17.5. The van der Waals surface area contributed by atoms with Crippen LogP contribution in [0, 0.1) is 0 Å². The fourth-order valence-corrected chi connectivity index (χ4v) is 3.75. The monoisotopic (exact) mass is 455 g/mol. The third-order valence-corrected chi connectivity index (χ3v) is 5.53. The fourth-order valence-electron chi connectivity index (χ4n) is 3.43. The van der Waals surface area contributed by atoms with Crippen LogP contribution in [0.4, 0.5) is 19.0 Å². The van der Waals surface area contributed by atoms with E-state index in [1.54, 1.807) is 25.3 Å². The molecule has 0 spiro atoms. The Balaban J connectivity index is 1.91. The number of anilines is 1. The molecule has 0 saturated heterocycles. The molecular formula is C20H21ClF3N5O2. The van der Waals surface area contributed by atoms with Crippen LogP contribution in [-0.4, -0.2) is 35.5 Å². The third-order valence-electron chi connectivity index (χ3n) is 5.13. The van der Waals surface area contributed by atoms with E-state index in [9.17, 15) is 18.0 Å². The molecule has 7 nitrogen and oxygen atoms in total. The molecule has 31 heavy (non-hydrogen) atoms. The van der Waals surface area contributed by atoms with Crippen LogP contribution >= 0.6 is 11.6 Å². The first-order valence-corrected chi connectivity index (χ1v) is 9.64. The summed E-state index contributed by atoms with van der Waals surface area (Å²) in [6, 6.07) is 5.99. The highest BCUT2D eigenvalue weighted by atomic mass is 35.5. The zero-order valence-electron chi connectivity index (χ0n) is 16.8. The predicted octanol–water partition coefficient (Wildman–Crippen LogP) is 3.55. The van der Waals surface area contributed by atoms with Gasteiger partial charge in [-0.05, 0) is 31.2 Å². The summed E-state index contributed by atoms with van der Waals surface area (Å²) in [5, 5.41) is 0.656. The molecule has 1 atom stereocenters. The van der Waals surface area contributed by atoms with Crippen LogP contribution in [0.2, 0.25) is 5.02 Å². The lowest BCUT2D eigenvalue weighted by Crippen LogP contribution is -2.49. The topological polar surface area (TPSA) is 97.7 Å². The Morgan fingerprint density at radius 1 is 1.32 bits per heavy atom. The summed E-state index contributed by atoms with van der Waals surface area (Å²) in [7, 11) is 1.48. The van der Waals surface area contributed by atoms with Gasteiger partial charge in [-0.2, -0.15) is 13.2 Å². The Bertz CT molecular complexity index is 1030. The van der Waals surface area contributed by atoms with Gasteiger partial charge in [0.25, 0.3) is 5.91 Å². The summed E-state index contributed by atoms with van der Waals surface area (Å²) in [5.74, 6) is 6.36. The molecule has 0 fully saturated rings. The van der Waals surface area contributed by atoms with Crippen LogP contribution < -0.4 is 21.3 Å². The van der Waals surface area contributed by atoms with Gasteiger partial charge >= 0.3 is 6.18 Å². The number of pyridine rings is 1. The molecule has 0 aliphatic carbocycles. The number of benzene rings is 1. The number of methoxy groups -OCH3 is 1. The first-order chi connectivity index (χ1) is 14.6. The van der Waals surface area contributed by atoms with E-state index in [0.29, 0.717) is 17.3 Å². The lowest BCUT2D eigenvalue weighted by molar-refractivity contribution is -0.137. The number of halogens is 4.